The molecular weight excluding hydrogens is 460 g/mol. The Hall–Kier alpha value is -3.98. The van der Waals surface area contributed by atoms with E-state index in [0.717, 1.165) is 34.2 Å². The number of carbonyl (C=O) groups is 1. The van der Waals surface area contributed by atoms with E-state index >= 15 is 0 Å². The minimum Gasteiger partial charge on any atom is -0.494 e. The van der Waals surface area contributed by atoms with Crippen molar-refractivity contribution in [2.45, 2.75) is 25.5 Å². The summed E-state index contributed by atoms with van der Waals surface area (Å²) >= 11 is 1.34. The van der Waals surface area contributed by atoms with E-state index in [4.69, 9.17) is 10.5 Å². The normalized spacial score (nSPS) is 10.7. The van der Waals surface area contributed by atoms with Gasteiger partial charge in [0, 0.05) is 22.7 Å². The van der Waals surface area contributed by atoms with Crippen molar-refractivity contribution in [2.24, 2.45) is 0 Å². The van der Waals surface area contributed by atoms with E-state index in [-0.39, 0.29) is 11.7 Å². The van der Waals surface area contributed by atoms with Gasteiger partial charge in [-0.3, -0.25) is 9.36 Å². The minimum atomic E-state index is -0.125. The van der Waals surface area contributed by atoms with Gasteiger partial charge < -0.3 is 21.1 Å². The van der Waals surface area contributed by atoms with Crippen LogP contribution in [0.1, 0.15) is 18.3 Å². The van der Waals surface area contributed by atoms with Crippen LogP contribution in [0.2, 0.25) is 0 Å². The number of anilines is 3. The molecule has 0 aliphatic heterocycles. The van der Waals surface area contributed by atoms with Gasteiger partial charge in [0.2, 0.25) is 5.91 Å². The fraction of sp³-hybridized carbons (Fsp3) is 0.192. The molecule has 1 heterocycles. The summed E-state index contributed by atoms with van der Waals surface area (Å²) in [5.74, 6) is 1.64. The van der Waals surface area contributed by atoms with Gasteiger partial charge in [0.25, 0.3) is 0 Å². The minimum absolute atomic E-state index is 0.125. The largest absolute Gasteiger partial charge is 0.494 e. The van der Waals surface area contributed by atoms with E-state index in [1.807, 2.05) is 85.1 Å². The van der Waals surface area contributed by atoms with E-state index in [2.05, 4.69) is 20.8 Å². The van der Waals surface area contributed by atoms with Gasteiger partial charge in [-0.2, -0.15) is 0 Å². The number of hydrogen-bond donors (Lipinski definition) is 3. The topological polar surface area (TPSA) is 107 Å². The molecule has 0 bridgehead atoms. The smallest absolute Gasteiger partial charge is 0.234 e. The van der Waals surface area contributed by atoms with Crippen LogP contribution in [-0.4, -0.2) is 33.0 Å². The SMILES string of the molecule is CCOc1ccc(NCc2nnc(SCC(=O)Nc3ccc(N)cc3C)n2-c2ccccc2)cc1. The molecular formula is C26H28N6O2S. The molecule has 35 heavy (non-hydrogen) atoms. The number of nitrogen functional groups attached to an aromatic ring is 1. The van der Waals surface area contributed by atoms with Crippen molar-refractivity contribution in [3.05, 3.63) is 84.2 Å². The Bertz CT molecular complexity index is 1280. The van der Waals surface area contributed by atoms with Gasteiger partial charge in [-0.1, -0.05) is 30.0 Å². The van der Waals surface area contributed by atoms with Gasteiger partial charge in [-0.25, -0.2) is 0 Å². The summed E-state index contributed by atoms with van der Waals surface area (Å²) in [4.78, 5) is 12.6. The highest BCUT2D eigenvalue weighted by molar-refractivity contribution is 7.99. The molecule has 0 unspecified atom stereocenters. The van der Waals surface area contributed by atoms with Gasteiger partial charge in [0.1, 0.15) is 5.75 Å². The standard InChI is InChI=1S/C26H28N6O2S/c1-3-34-22-12-10-20(11-13-22)28-16-24-30-31-26(32(24)21-7-5-4-6-8-21)35-17-25(33)29-23-14-9-19(27)15-18(23)2/h4-15,28H,3,16-17,27H2,1-2H3,(H,29,33). The van der Waals surface area contributed by atoms with Crippen molar-refractivity contribution in [3.8, 4) is 11.4 Å². The van der Waals surface area contributed by atoms with Crippen LogP contribution in [-0.2, 0) is 11.3 Å². The fourth-order valence-corrected chi connectivity index (χ4v) is 4.28. The maximum absolute atomic E-state index is 12.6. The predicted molar refractivity (Wildman–Crippen MR) is 141 cm³/mol. The molecule has 0 saturated carbocycles. The number of amides is 1. The molecule has 0 aliphatic rings. The van der Waals surface area contributed by atoms with Crippen LogP contribution >= 0.6 is 11.8 Å². The second-order valence-electron chi connectivity index (χ2n) is 7.79. The first kappa shape index (κ1) is 24.2. The van der Waals surface area contributed by atoms with Crippen LogP contribution in [0.3, 0.4) is 0 Å². The summed E-state index contributed by atoms with van der Waals surface area (Å²) in [7, 11) is 0. The summed E-state index contributed by atoms with van der Waals surface area (Å²) in [6.07, 6.45) is 0. The Morgan fingerprint density at radius 3 is 2.54 bits per heavy atom. The van der Waals surface area contributed by atoms with E-state index in [9.17, 15) is 4.79 Å². The third-order valence-corrected chi connectivity index (χ3v) is 6.12. The van der Waals surface area contributed by atoms with Crippen molar-refractivity contribution in [1.29, 1.82) is 0 Å². The molecule has 4 rings (SSSR count). The molecule has 0 radical (unpaired) electrons. The Morgan fingerprint density at radius 2 is 1.83 bits per heavy atom. The average Bonchev–Trinajstić information content (AvgIpc) is 3.27. The number of aromatic nitrogens is 3. The number of ether oxygens (including phenoxy) is 1. The Labute approximate surface area is 208 Å². The molecule has 3 aromatic carbocycles. The van der Waals surface area contributed by atoms with Crippen molar-refractivity contribution in [3.63, 3.8) is 0 Å². The first-order valence-corrected chi connectivity index (χ1v) is 12.3. The number of nitrogens with one attached hydrogen (secondary N) is 2. The summed E-state index contributed by atoms with van der Waals surface area (Å²) in [6, 6.07) is 23.1. The van der Waals surface area contributed by atoms with Crippen molar-refractivity contribution < 1.29 is 9.53 Å². The molecule has 4 N–H and O–H groups in total. The van der Waals surface area contributed by atoms with Crippen molar-refractivity contribution in [1.82, 2.24) is 14.8 Å². The summed E-state index contributed by atoms with van der Waals surface area (Å²) in [6.45, 7) is 4.97. The predicted octanol–water partition coefficient (Wildman–Crippen LogP) is 4.90. The number of hydrogen-bond acceptors (Lipinski definition) is 7. The summed E-state index contributed by atoms with van der Waals surface area (Å²) in [5, 5.41) is 15.7. The zero-order valence-electron chi connectivity index (χ0n) is 19.7. The molecule has 180 valence electrons. The number of nitrogens with zero attached hydrogens (tertiary/aromatic N) is 3. The zero-order valence-corrected chi connectivity index (χ0v) is 20.5. The molecule has 8 nitrogen and oxygen atoms in total. The molecule has 1 aromatic heterocycles. The van der Waals surface area contributed by atoms with Gasteiger partial charge in [-0.15, -0.1) is 10.2 Å². The maximum atomic E-state index is 12.6. The van der Waals surface area contributed by atoms with Gasteiger partial charge >= 0.3 is 0 Å². The highest BCUT2D eigenvalue weighted by atomic mass is 32.2. The van der Waals surface area contributed by atoms with E-state index in [1.165, 1.54) is 11.8 Å². The number of para-hydroxylation sites is 1. The number of nitrogens with two attached hydrogens (primary N) is 1. The Morgan fingerprint density at radius 1 is 1.06 bits per heavy atom. The average molecular weight is 489 g/mol. The fourth-order valence-electron chi connectivity index (χ4n) is 3.50. The highest BCUT2D eigenvalue weighted by Crippen LogP contribution is 2.24. The van der Waals surface area contributed by atoms with E-state index in [0.29, 0.717) is 24.0 Å². The van der Waals surface area contributed by atoms with E-state index in [1.54, 1.807) is 6.07 Å². The molecule has 0 aliphatic carbocycles. The quantitative estimate of drug-likeness (QED) is 0.215. The van der Waals surface area contributed by atoms with Crippen LogP contribution in [0.25, 0.3) is 5.69 Å². The molecule has 4 aromatic rings. The lowest BCUT2D eigenvalue weighted by molar-refractivity contribution is -0.113. The lowest BCUT2D eigenvalue weighted by atomic mass is 10.2. The van der Waals surface area contributed by atoms with Gasteiger partial charge in [-0.05, 0) is 74.0 Å². The van der Waals surface area contributed by atoms with Crippen LogP contribution in [0.15, 0.2) is 78.0 Å². The van der Waals surface area contributed by atoms with Gasteiger partial charge in [0.05, 0.1) is 18.9 Å². The van der Waals surface area contributed by atoms with Crippen LogP contribution in [0.5, 0.6) is 5.75 Å². The van der Waals surface area contributed by atoms with Crippen molar-refractivity contribution >= 4 is 34.7 Å². The highest BCUT2D eigenvalue weighted by Gasteiger charge is 2.16. The monoisotopic (exact) mass is 488 g/mol. The van der Waals surface area contributed by atoms with E-state index < -0.39 is 0 Å². The molecule has 0 saturated heterocycles. The first-order valence-electron chi connectivity index (χ1n) is 11.3. The van der Waals surface area contributed by atoms with Crippen LogP contribution < -0.4 is 21.1 Å². The molecule has 1 amide bonds. The lowest BCUT2D eigenvalue weighted by Crippen LogP contribution is -2.15. The second kappa shape index (κ2) is 11.4. The zero-order chi connectivity index (χ0) is 24.6. The molecule has 0 spiro atoms. The third kappa shape index (κ3) is 6.33. The van der Waals surface area contributed by atoms with Crippen LogP contribution in [0.4, 0.5) is 17.1 Å². The number of rotatable bonds is 10. The van der Waals surface area contributed by atoms with Crippen LogP contribution in [0, 0.1) is 6.92 Å². The lowest BCUT2D eigenvalue weighted by Gasteiger charge is -2.12. The summed E-state index contributed by atoms with van der Waals surface area (Å²) in [5.41, 5.74) is 10.0. The first-order chi connectivity index (χ1) is 17.0. The Kier molecular flexibility index (Phi) is 7.89. The third-order valence-electron chi connectivity index (χ3n) is 5.19. The summed E-state index contributed by atoms with van der Waals surface area (Å²) < 4.78 is 7.47. The second-order valence-corrected chi connectivity index (χ2v) is 8.73. The number of thioether (sulfide) groups is 1. The maximum Gasteiger partial charge on any atom is 0.234 e. The Balaban J connectivity index is 1.46. The molecule has 0 atom stereocenters. The van der Waals surface area contributed by atoms with Crippen molar-refractivity contribution in [2.75, 3.05) is 28.7 Å². The molecule has 0 fully saturated rings. The van der Waals surface area contributed by atoms with Gasteiger partial charge in [0.15, 0.2) is 11.0 Å². The number of benzene rings is 3. The number of carbonyl (C=O) groups excluding carboxylic acids is 1. The number of aryl methyl sites for hydroxylation is 1. The molecule has 9 heteroatoms.